The Labute approximate surface area is 89.7 Å². The van der Waals surface area contributed by atoms with Gasteiger partial charge in [-0.2, -0.15) is 0 Å². The van der Waals surface area contributed by atoms with Gasteiger partial charge < -0.3 is 14.8 Å². The lowest BCUT2D eigenvalue weighted by Gasteiger charge is -2.03. The minimum Gasteiger partial charge on any atom is -0.449 e. The zero-order chi connectivity index (χ0) is 10.7. The van der Waals surface area contributed by atoms with Crippen LogP contribution in [0, 0.1) is 5.92 Å². The molecule has 2 atom stereocenters. The second kappa shape index (κ2) is 4.77. The van der Waals surface area contributed by atoms with Crippen molar-refractivity contribution < 1.29 is 9.52 Å². The molecule has 2 rings (SSSR count). The first kappa shape index (κ1) is 10.6. The van der Waals surface area contributed by atoms with Crippen molar-refractivity contribution in [2.75, 3.05) is 19.7 Å². The molecule has 0 amide bonds. The van der Waals surface area contributed by atoms with Crippen LogP contribution in [0.4, 0.5) is 0 Å². The van der Waals surface area contributed by atoms with Crippen molar-refractivity contribution in [1.29, 1.82) is 0 Å². The molecule has 2 heterocycles. The zero-order valence-corrected chi connectivity index (χ0v) is 9.07. The van der Waals surface area contributed by atoms with E-state index in [4.69, 9.17) is 9.52 Å². The fourth-order valence-corrected chi connectivity index (χ4v) is 1.87. The number of hydrogen-bond acceptors (Lipinski definition) is 4. The molecule has 1 fully saturated rings. The van der Waals surface area contributed by atoms with Crippen LogP contribution in [0.5, 0.6) is 0 Å². The van der Waals surface area contributed by atoms with Crippen molar-refractivity contribution in [2.45, 2.75) is 25.7 Å². The molecule has 0 aliphatic carbocycles. The van der Waals surface area contributed by atoms with Crippen molar-refractivity contribution in [1.82, 2.24) is 10.3 Å². The summed E-state index contributed by atoms with van der Waals surface area (Å²) in [6.45, 7) is 4.23. The molecule has 84 valence electrons. The number of aliphatic hydroxyl groups is 1. The molecule has 1 aromatic heterocycles. The molecular formula is C11H18N2O2. The van der Waals surface area contributed by atoms with Crippen LogP contribution in [-0.4, -0.2) is 29.8 Å². The number of rotatable bonds is 4. The third-order valence-corrected chi connectivity index (χ3v) is 2.97. The molecule has 0 spiro atoms. The molecule has 1 aliphatic heterocycles. The third kappa shape index (κ3) is 2.58. The summed E-state index contributed by atoms with van der Waals surface area (Å²) in [6, 6.07) is 0. The van der Waals surface area contributed by atoms with Gasteiger partial charge in [0.1, 0.15) is 6.26 Å². The number of aromatic nitrogens is 1. The molecule has 0 saturated carbocycles. The Morgan fingerprint density at radius 2 is 2.60 bits per heavy atom. The highest BCUT2D eigenvalue weighted by Gasteiger charge is 2.18. The first-order valence-electron chi connectivity index (χ1n) is 5.55. The normalized spacial score (nSPS) is 23.2. The molecular weight excluding hydrogens is 192 g/mol. The fourth-order valence-electron chi connectivity index (χ4n) is 1.87. The molecule has 4 nitrogen and oxygen atoms in total. The van der Waals surface area contributed by atoms with Crippen LogP contribution >= 0.6 is 0 Å². The first-order valence-corrected chi connectivity index (χ1v) is 5.55. The summed E-state index contributed by atoms with van der Waals surface area (Å²) in [5.41, 5.74) is 0.860. The summed E-state index contributed by atoms with van der Waals surface area (Å²) in [4.78, 5) is 4.39. The molecule has 1 aliphatic rings. The molecule has 1 aromatic rings. The van der Waals surface area contributed by atoms with E-state index < -0.39 is 0 Å². The summed E-state index contributed by atoms with van der Waals surface area (Å²) >= 11 is 0. The monoisotopic (exact) mass is 210 g/mol. The lowest BCUT2D eigenvalue weighted by atomic mass is 10.1. The minimum atomic E-state index is 0.0733. The van der Waals surface area contributed by atoms with Gasteiger partial charge >= 0.3 is 0 Å². The van der Waals surface area contributed by atoms with Gasteiger partial charge in [-0.05, 0) is 25.4 Å². The second-order valence-electron chi connectivity index (χ2n) is 4.31. The average Bonchev–Trinajstić information content (AvgIpc) is 2.88. The predicted octanol–water partition coefficient (Wildman–Crippen LogP) is 0.922. The Morgan fingerprint density at radius 3 is 3.27 bits per heavy atom. The summed E-state index contributed by atoms with van der Waals surface area (Å²) < 4.78 is 5.40. The maximum Gasteiger partial charge on any atom is 0.194 e. The van der Waals surface area contributed by atoms with E-state index in [1.807, 2.05) is 6.92 Å². The highest BCUT2D eigenvalue weighted by Crippen LogP contribution is 2.18. The SMILES string of the molecule is CC(CO)c1coc(CC2CCNC2)n1. The van der Waals surface area contributed by atoms with Gasteiger partial charge in [0, 0.05) is 12.3 Å². The van der Waals surface area contributed by atoms with E-state index in [9.17, 15) is 0 Å². The maximum atomic E-state index is 8.99. The number of nitrogens with one attached hydrogen (secondary N) is 1. The van der Waals surface area contributed by atoms with Crippen molar-refractivity contribution in [2.24, 2.45) is 5.92 Å². The molecule has 2 N–H and O–H groups in total. The molecule has 0 radical (unpaired) electrons. The largest absolute Gasteiger partial charge is 0.449 e. The Bertz CT molecular complexity index is 305. The van der Waals surface area contributed by atoms with Gasteiger partial charge in [-0.15, -0.1) is 0 Å². The van der Waals surface area contributed by atoms with Crippen LogP contribution in [0.25, 0.3) is 0 Å². The van der Waals surface area contributed by atoms with Crippen LogP contribution in [0.1, 0.15) is 30.8 Å². The Hall–Kier alpha value is -0.870. The maximum absolute atomic E-state index is 8.99. The van der Waals surface area contributed by atoms with Crippen LogP contribution in [-0.2, 0) is 6.42 Å². The van der Waals surface area contributed by atoms with E-state index in [1.54, 1.807) is 6.26 Å². The van der Waals surface area contributed by atoms with Gasteiger partial charge in [0.25, 0.3) is 0 Å². The molecule has 15 heavy (non-hydrogen) atoms. The minimum absolute atomic E-state index is 0.0733. The van der Waals surface area contributed by atoms with Crippen LogP contribution in [0.2, 0.25) is 0 Å². The van der Waals surface area contributed by atoms with E-state index in [2.05, 4.69) is 10.3 Å². The Kier molecular flexibility index (Phi) is 3.38. The highest BCUT2D eigenvalue weighted by atomic mass is 16.3. The molecule has 4 heteroatoms. The third-order valence-electron chi connectivity index (χ3n) is 2.97. The summed E-state index contributed by atoms with van der Waals surface area (Å²) in [6.07, 6.45) is 3.77. The van der Waals surface area contributed by atoms with E-state index in [0.717, 1.165) is 31.1 Å². The van der Waals surface area contributed by atoms with Crippen LogP contribution in [0.3, 0.4) is 0 Å². The lowest BCUT2D eigenvalue weighted by molar-refractivity contribution is 0.271. The lowest BCUT2D eigenvalue weighted by Crippen LogP contribution is -2.11. The quantitative estimate of drug-likeness (QED) is 0.776. The van der Waals surface area contributed by atoms with Gasteiger partial charge in [0.15, 0.2) is 5.89 Å². The zero-order valence-electron chi connectivity index (χ0n) is 9.07. The summed E-state index contributed by atoms with van der Waals surface area (Å²) in [5.74, 6) is 1.53. The first-order chi connectivity index (χ1) is 7.29. The van der Waals surface area contributed by atoms with Gasteiger partial charge in [-0.1, -0.05) is 6.92 Å². The van der Waals surface area contributed by atoms with Gasteiger partial charge in [0.05, 0.1) is 12.3 Å². The summed E-state index contributed by atoms with van der Waals surface area (Å²) in [7, 11) is 0. The van der Waals surface area contributed by atoms with Gasteiger partial charge in [-0.3, -0.25) is 0 Å². The number of oxazole rings is 1. The molecule has 1 saturated heterocycles. The van der Waals surface area contributed by atoms with Gasteiger partial charge in [0.2, 0.25) is 0 Å². The van der Waals surface area contributed by atoms with E-state index in [0.29, 0.717) is 5.92 Å². The number of hydrogen-bond donors (Lipinski definition) is 2. The highest BCUT2D eigenvalue weighted by molar-refractivity contribution is 5.03. The second-order valence-corrected chi connectivity index (χ2v) is 4.31. The summed E-state index contributed by atoms with van der Waals surface area (Å²) in [5, 5.41) is 12.3. The topological polar surface area (TPSA) is 58.3 Å². The molecule has 0 aromatic carbocycles. The van der Waals surface area contributed by atoms with E-state index in [1.165, 1.54) is 6.42 Å². The number of aliphatic hydroxyl groups excluding tert-OH is 1. The standard InChI is InChI=1S/C11H18N2O2/c1-8(6-14)10-7-15-11(13-10)4-9-2-3-12-5-9/h7-9,12,14H,2-6H2,1H3. The van der Waals surface area contributed by atoms with Crippen molar-refractivity contribution >= 4 is 0 Å². The molecule has 2 unspecified atom stereocenters. The van der Waals surface area contributed by atoms with Crippen LogP contribution in [0.15, 0.2) is 10.7 Å². The van der Waals surface area contributed by atoms with Crippen molar-refractivity contribution in [3.8, 4) is 0 Å². The Morgan fingerprint density at radius 1 is 1.73 bits per heavy atom. The van der Waals surface area contributed by atoms with Crippen LogP contribution < -0.4 is 5.32 Å². The van der Waals surface area contributed by atoms with E-state index >= 15 is 0 Å². The molecule has 0 bridgehead atoms. The fraction of sp³-hybridized carbons (Fsp3) is 0.727. The predicted molar refractivity (Wildman–Crippen MR) is 56.7 cm³/mol. The van der Waals surface area contributed by atoms with E-state index in [-0.39, 0.29) is 12.5 Å². The number of nitrogens with zero attached hydrogens (tertiary/aromatic N) is 1. The Balaban J connectivity index is 1.94. The van der Waals surface area contributed by atoms with Crippen molar-refractivity contribution in [3.63, 3.8) is 0 Å². The average molecular weight is 210 g/mol. The smallest absolute Gasteiger partial charge is 0.194 e. The van der Waals surface area contributed by atoms with Gasteiger partial charge in [-0.25, -0.2) is 4.98 Å². The van der Waals surface area contributed by atoms with Crippen molar-refractivity contribution in [3.05, 3.63) is 17.8 Å².